The van der Waals surface area contributed by atoms with E-state index in [9.17, 15) is 8.78 Å². The normalized spacial score (nSPS) is 20.8. The van der Waals surface area contributed by atoms with Crippen LogP contribution in [0.15, 0.2) is 12.1 Å². The number of ether oxygens (including phenoxy) is 1. The van der Waals surface area contributed by atoms with Crippen molar-refractivity contribution in [1.29, 1.82) is 0 Å². The van der Waals surface area contributed by atoms with Gasteiger partial charge < -0.3 is 10.5 Å². The second kappa shape index (κ2) is 4.19. The lowest BCUT2D eigenvalue weighted by Gasteiger charge is -2.15. The molecule has 0 aromatic heterocycles. The van der Waals surface area contributed by atoms with Crippen LogP contribution >= 0.6 is 0 Å². The molecule has 4 heteroatoms. The van der Waals surface area contributed by atoms with Gasteiger partial charge in [-0.05, 0) is 44.1 Å². The largest absolute Gasteiger partial charge is 0.490 e. The second-order valence-electron chi connectivity index (χ2n) is 5.67. The molecule has 2 aliphatic carbocycles. The number of hydrogen-bond donors (Lipinski definition) is 1. The fraction of sp³-hybridized carbons (Fsp3) is 0.571. The van der Waals surface area contributed by atoms with E-state index in [1.165, 1.54) is 6.07 Å². The maximum absolute atomic E-state index is 13.8. The van der Waals surface area contributed by atoms with E-state index in [0.717, 1.165) is 31.7 Å². The second-order valence-corrected chi connectivity index (χ2v) is 5.67. The Labute approximate surface area is 105 Å². The fourth-order valence-corrected chi connectivity index (χ4v) is 2.11. The molecule has 0 atom stereocenters. The summed E-state index contributed by atoms with van der Waals surface area (Å²) in [6, 6.07) is 2.22. The molecule has 0 saturated heterocycles. The van der Waals surface area contributed by atoms with Crippen molar-refractivity contribution in [1.82, 2.24) is 0 Å². The van der Waals surface area contributed by atoms with Crippen molar-refractivity contribution in [2.45, 2.75) is 37.6 Å². The van der Waals surface area contributed by atoms with Crippen molar-refractivity contribution < 1.29 is 13.5 Å². The topological polar surface area (TPSA) is 35.2 Å². The Bertz CT molecular complexity index is 467. The van der Waals surface area contributed by atoms with Gasteiger partial charge in [-0.1, -0.05) is 0 Å². The minimum Gasteiger partial charge on any atom is -0.490 e. The van der Waals surface area contributed by atoms with E-state index < -0.39 is 11.6 Å². The van der Waals surface area contributed by atoms with E-state index in [-0.39, 0.29) is 11.3 Å². The SMILES string of the molecule is NC1(Cc2cc(F)cc(F)c2OCC2CC2)CC1. The molecule has 1 aromatic rings. The van der Waals surface area contributed by atoms with Gasteiger partial charge in [-0.3, -0.25) is 0 Å². The maximum Gasteiger partial charge on any atom is 0.168 e. The summed E-state index contributed by atoms with van der Waals surface area (Å²) in [6.07, 6.45) is 4.58. The zero-order valence-electron chi connectivity index (χ0n) is 10.2. The lowest BCUT2D eigenvalue weighted by molar-refractivity contribution is 0.280. The molecular weight excluding hydrogens is 236 g/mol. The molecule has 0 radical (unpaired) electrons. The van der Waals surface area contributed by atoms with E-state index >= 15 is 0 Å². The Balaban J connectivity index is 1.82. The highest BCUT2D eigenvalue weighted by Gasteiger charge is 2.39. The molecule has 2 aliphatic rings. The quantitative estimate of drug-likeness (QED) is 0.875. The molecule has 98 valence electrons. The molecule has 0 spiro atoms. The molecule has 2 fully saturated rings. The van der Waals surface area contributed by atoms with E-state index in [2.05, 4.69) is 0 Å². The van der Waals surface area contributed by atoms with Crippen LogP contribution in [0.3, 0.4) is 0 Å². The highest BCUT2D eigenvalue weighted by molar-refractivity contribution is 5.38. The van der Waals surface area contributed by atoms with Gasteiger partial charge in [0.2, 0.25) is 0 Å². The Morgan fingerprint density at radius 3 is 2.61 bits per heavy atom. The lowest BCUT2D eigenvalue weighted by atomic mass is 10.0. The number of rotatable bonds is 5. The van der Waals surface area contributed by atoms with Crippen LogP contribution < -0.4 is 10.5 Å². The minimum atomic E-state index is -0.616. The number of halogens is 2. The van der Waals surface area contributed by atoms with E-state index in [0.29, 0.717) is 24.5 Å². The van der Waals surface area contributed by atoms with Gasteiger partial charge in [0.05, 0.1) is 6.61 Å². The van der Waals surface area contributed by atoms with Crippen LogP contribution in [0.25, 0.3) is 0 Å². The predicted molar refractivity (Wildman–Crippen MR) is 64.4 cm³/mol. The van der Waals surface area contributed by atoms with Gasteiger partial charge in [-0.2, -0.15) is 0 Å². The summed E-state index contributed by atoms with van der Waals surface area (Å²) in [6.45, 7) is 0.521. The Kier molecular flexibility index (Phi) is 2.77. The Morgan fingerprint density at radius 1 is 1.28 bits per heavy atom. The van der Waals surface area contributed by atoms with Crippen LogP contribution in [0.1, 0.15) is 31.2 Å². The van der Waals surface area contributed by atoms with Gasteiger partial charge in [0.1, 0.15) is 5.82 Å². The van der Waals surface area contributed by atoms with Crippen LogP contribution in [0.4, 0.5) is 8.78 Å². The molecular formula is C14H17F2NO. The van der Waals surface area contributed by atoms with Crippen LogP contribution in [0, 0.1) is 17.6 Å². The summed E-state index contributed by atoms with van der Waals surface area (Å²) in [7, 11) is 0. The first-order valence-corrected chi connectivity index (χ1v) is 6.45. The molecule has 0 unspecified atom stereocenters. The first-order chi connectivity index (χ1) is 8.56. The van der Waals surface area contributed by atoms with Crippen molar-refractivity contribution in [2.24, 2.45) is 11.7 Å². The summed E-state index contributed by atoms with van der Waals surface area (Å²) >= 11 is 0. The van der Waals surface area contributed by atoms with Crippen molar-refractivity contribution in [3.8, 4) is 5.75 Å². The maximum atomic E-state index is 13.8. The average molecular weight is 253 g/mol. The molecule has 0 aliphatic heterocycles. The van der Waals surface area contributed by atoms with Gasteiger partial charge in [-0.25, -0.2) is 8.78 Å². The standard InChI is InChI=1S/C14H17F2NO/c15-11-5-10(7-14(17)3-4-14)13(12(16)6-11)18-8-9-1-2-9/h5-6,9H,1-4,7-8,17H2. The predicted octanol–water partition coefficient (Wildman–Crippen LogP) is 2.79. The molecule has 18 heavy (non-hydrogen) atoms. The van der Waals surface area contributed by atoms with Gasteiger partial charge in [0, 0.05) is 17.2 Å². The van der Waals surface area contributed by atoms with Gasteiger partial charge in [0.25, 0.3) is 0 Å². The van der Waals surface area contributed by atoms with Crippen LogP contribution in [-0.2, 0) is 6.42 Å². The molecule has 0 heterocycles. The molecule has 1 aromatic carbocycles. The van der Waals surface area contributed by atoms with Crippen molar-refractivity contribution in [2.75, 3.05) is 6.61 Å². The highest BCUT2D eigenvalue weighted by Crippen LogP contribution is 2.39. The summed E-state index contributed by atoms with van der Waals surface area (Å²) in [5.74, 6) is -0.449. The summed E-state index contributed by atoms with van der Waals surface area (Å²) in [5.41, 5.74) is 6.30. The van der Waals surface area contributed by atoms with Crippen molar-refractivity contribution in [3.05, 3.63) is 29.3 Å². The first-order valence-electron chi connectivity index (χ1n) is 6.45. The monoisotopic (exact) mass is 253 g/mol. The first kappa shape index (κ1) is 11.9. The number of hydrogen-bond acceptors (Lipinski definition) is 2. The summed E-state index contributed by atoms with van der Waals surface area (Å²) in [4.78, 5) is 0. The Hall–Kier alpha value is -1.16. The van der Waals surface area contributed by atoms with E-state index in [1.807, 2.05) is 0 Å². The third-order valence-electron chi connectivity index (χ3n) is 3.68. The lowest BCUT2D eigenvalue weighted by Crippen LogP contribution is -2.25. The van der Waals surface area contributed by atoms with E-state index in [1.54, 1.807) is 0 Å². The smallest absolute Gasteiger partial charge is 0.168 e. The average Bonchev–Trinajstić information content (AvgIpc) is 3.16. The molecule has 2 saturated carbocycles. The van der Waals surface area contributed by atoms with Crippen molar-refractivity contribution in [3.63, 3.8) is 0 Å². The van der Waals surface area contributed by atoms with Crippen LogP contribution in [0.5, 0.6) is 5.75 Å². The molecule has 3 rings (SSSR count). The van der Waals surface area contributed by atoms with Crippen LogP contribution in [0.2, 0.25) is 0 Å². The molecule has 0 amide bonds. The third kappa shape index (κ3) is 2.64. The number of nitrogens with two attached hydrogens (primary N) is 1. The zero-order chi connectivity index (χ0) is 12.8. The van der Waals surface area contributed by atoms with Crippen molar-refractivity contribution >= 4 is 0 Å². The molecule has 2 nitrogen and oxygen atoms in total. The summed E-state index contributed by atoms with van der Waals surface area (Å²) < 4.78 is 32.6. The molecule has 0 bridgehead atoms. The number of benzene rings is 1. The van der Waals surface area contributed by atoms with Gasteiger partial charge >= 0.3 is 0 Å². The Morgan fingerprint density at radius 2 is 2.00 bits per heavy atom. The third-order valence-corrected chi connectivity index (χ3v) is 3.68. The van der Waals surface area contributed by atoms with E-state index in [4.69, 9.17) is 10.5 Å². The zero-order valence-corrected chi connectivity index (χ0v) is 10.2. The van der Waals surface area contributed by atoms with Gasteiger partial charge in [0.15, 0.2) is 11.6 Å². The van der Waals surface area contributed by atoms with Gasteiger partial charge in [-0.15, -0.1) is 0 Å². The highest BCUT2D eigenvalue weighted by atomic mass is 19.1. The molecule has 2 N–H and O–H groups in total. The summed E-state index contributed by atoms with van der Waals surface area (Å²) in [5, 5.41) is 0. The minimum absolute atomic E-state index is 0.194. The van der Waals surface area contributed by atoms with Crippen LogP contribution in [-0.4, -0.2) is 12.1 Å². The fourth-order valence-electron chi connectivity index (χ4n) is 2.11.